The van der Waals surface area contributed by atoms with Gasteiger partial charge in [0.05, 0.1) is 26.0 Å². The molecule has 2 heterocycles. The van der Waals surface area contributed by atoms with Gasteiger partial charge in [0.2, 0.25) is 5.91 Å². The van der Waals surface area contributed by atoms with Gasteiger partial charge < -0.3 is 19.1 Å². The van der Waals surface area contributed by atoms with Crippen molar-refractivity contribution < 1.29 is 28.6 Å². The third-order valence-electron chi connectivity index (χ3n) is 4.68. The number of morpholine rings is 1. The third-order valence-corrected chi connectivity index (χ3v) is 4.68. The molecule has 0 bridgehead atoms. The molecule has 8 nitrogen and oxygen atoms in total. The second-order valence-corrected chi connectivity index (χ2v) is 6.88. The second-order valence-electron chi connectivity index (χ2n) is 6.88. The molecule has 0 saturated carbocycles. The molecule has 1 aliphatic heterocycles. The lowest BCUT2D eigenvalue weighted by Gasteiger charge is -2.32. The predicted octanol–water partition coefficient (Wildman–Crippen LogP) is 2.15. The first kappa shape index (κ1) is 22.2. The normalized spacial score (nSPS) is 16.2. The molecule has 1 saturated heterocycles. The van der Waals surface area contributed by atoms with Crippen molar-refractivity contribution in [2.24, 2.45) is 0 Å². The Labute approximate surface area is 180 Å². The third kappa shape index (κ3) is 6.75. The zero-order valence-electron chi connectivity index (χ0n) is 17.2. The van der Waals surface area contributed by atoms with E-state index in [9.17, 15) is 14.4 Å². The van der Waals surface area contributed by atoms with Gasteiger partial charge in [0.25, 0.3) is 0 Å². The number of hydrogen-bond acceptors (Lipinski definition) is 7. The summed E-state index contributed by atoms with van der Waals surface area (Å²) < 4.78 is 15.9. The summed E-state index contributed by atoms with van der Waals surface area (Å²) in [7, 11) is 1.24. The minimum Gasteiger partial charge on any atom is -0.491 e. The number of ketones is 1. The van der Waals surface area contributed by atoms with Crippen molar-refractivity contribution in [3.05, 3.63) is 66.0 Å². The number of aromatic nitrogens is 1. The maximum absolute atomic E-state index is 12.4. The minimum atomic E-state index is -0.575. The molecule has 1 atom stereocenters. The average Bonchev–Trinajstić information content (AvgIpc) is 2.82. The Morgan fingerprint density at radius 2 is 2.00 bits per heavy atom. The molecule has 0 radical (unpaired) electrons. The van der Waals surface area contributed by atoms with E-state index < -0.39 is 5.97 Å². The summed E-state index contributed by atoms with van der Waals surface area (Å²) in [4.78, 5) is 41.5. The number of benzene rings is 1. The molecule has 1 amide bonds. The number of carbonyl (C=O) groups is 3. The lowest BCUT2D eigenvalue weighted by molar-refractivity contribution is -0.139. The van der Waals surface area contributed by atoms with E-state index in [0.717, 1.165) is 5.69 Å². The Kier molecular flexibility index (Phi) is 7.89. The van der Waals surface area contributed by atoms with Crippen LogP contribution in [0, 0.1) is 0 Å². The van der Waals surface area contributed by atoms with Crippen molar-refractivity contribution in [1.29, 1.82) is 0 Å². The predicted molar refractivity (Wildman–Crippen MR) is 112 cm³/mol. The molecule has 8 heteroatoms. The molecular formula is C23H24N2O6. The quantitative estimate of drug-likeness (QED) is 0.277. The van der Waals surface area contributed by atoms with Gasteiger partial charge in [0.15, 0.2) is 5.78 Å². The average molecular weight is 424 g/mol. The van der Waals surface area contributed by atoms with Crippen LogP contribution in [0.5, 0.6) is 5.75 Å². The van der Waals surface area contributed by atoms with E-state index in [-0.39, 0.29) is 30.8 Å². The summed E-state index contributed by atoms with van der Waals surface area (Å²) in [5, 5.41) is 0. The van der Waals surface area contributed by atoms with Crippen LogP contribution in [0.25, 0.3) is 6.08 Å². The second kappa shape index (κ2) is 11.0. The van der Waals surface area contributed by atoms with Crippen molar-refractivity contribution in [3.8, 4) is 5.75 Å². The monoisotopic (exact) mass is 424 g/mol. The van der Waals surface area contributed by atoms with E-state index in [1.165, 1.54) is 13.2 Å². The topological polar surface area (TPSA) is 95.0 Å². The van der Waals surface area contributed by atoms with E-state index in [4.69, 9.17) is 9.47 Å². The van der Waals surface area contributed by atoms with Gasteiger partial charge >= 0.3 is 5.97 Å². The summed E-state index contributed by atoms with van der Waals surface area (Å²) >= 11 is 0. The van der Waals surface area contributed by atoms with E-state index in [1.54, 1.807) is 41.4 Å². The molecule has 0 aliphatic carbocycles. The fourth-order valence-corrected chi connectivity index (χ4v) is 2.99. The molecule has 1 fully saturated rings. The number of pyridine rings is 1. The molecule has 31 heavy (non-hydrogen) atoms. The zero-order valence-corrected chi connectivity index (χ0v) is 17.2. The summed E-state index contributed by atoms with van der Waals surface area (Å²) in [6.07, 6.45) is 4.31. The van der Waals surface area contributed by atoms with Crippen molar-refractivity contribution in [2.45, 2.75) is 12.5 Å². The summed E-state index contributed by atoms with van der Waals surface area (Å²) in [5.74, 6) is -0.431. The van der Waals surface area contributed by atoms with Crippen LogP contribution in [0.1, 0.15) is 22.5 Å². The van der Waals surface area contributed by atoms with Crippen molar-refractivity contribution in [2.75, 3.05) is 33.4 Å². The molecule has 0 N–H and O–H groups in total. The van der Waals surface area contributed by atoms with E-state index in [1.807, 2.05) is 18.2 Å². The van der Waals surface area contributed by atoms with Gasteiger partial charge in [-0.05, 0) is 42.5 Å². The first-order valence-corrected chi connectivity index (χ1v) is 9.87. The maximum atomic E-state index is 12.4. The molecule has 1 aromatic heterocycles. The van der Waals surface area contributed by atoms with Crippen molar-refractivity contribution in [3.63, 3.8) is 0 Å². The van der Waals surface area contributed by atoms with Crippen LogP contribution in [0.2, 0.25) is 0 Å². The van der Waals surface area contributed by atoms with E-state index in [2.05, 4.69) is 9.72 Å². The molecule has 0 spiro atoms. The number of carbonyl (C=O) groups excluding carboxylic acids is 3. The van der Waals surface area contributed by atoms with Crippen LogP contribution < -0.4 is 4.74 Å². The van der Waals surface area contributed by atoms with Crippen LogP contribution in [0.3, 0.4) is 0 Å². The summed E-state index contributed by atoms with van der Waals surface area (Å²) in [5.41, 5.74) is 1.13. The van der Waals surface area contributed by atoms with Gasteiger partial charge in [-0.3, -0.25) is 19.4 Å². The number of amides is 1. The van der Waals surface area contributed by atoms with Crippen LogP contribution in [-0.4, -0.2) is 67.1 Å². The van der Waals surface area contributed by atoms with Crippen LogP contribution >= 0.6 is 0 Å². The summed E-state index contributed by atoms with van der Waals surface area (Å²) in [6.45, 7) is 1.63. The Hall–Kier alpha value is -3.52. The number of hydrogen-bond donors (Lipinski definition) is 0. The standard InChI is InChI=1S/C23H24N2O6/c1-29-23(28)14-21(26)17-5-8-19(9-6-17)31-16-20-15-25(12-13-30-20)22(27)10-7-18-4-2-3-11-24-18/h2-11,20H,12-16H2,1H3/b10-7+. The minimum absolute atomic E-state index is 0.104. The first-order chi connectivity index (χ1) is 15.0. The Bertz CT molecular complexity index is 927. The van der Waals surface area contributed by atoms with Gasteiger partial charge in [0, 0.05) is 24.4 Å². The van der Waals surface area contributed by atoms with Gasteiger partial charge in [-0.15, -0.1) is 0 Å². The number of Topliss-reactive ketones (excluding diaryl/α,β-unsaturated/α-hetero) is 1. The number of nitrogens with zero attached hydrogens (tertiary/aromatic N) is 2. The number of esters is 1. The SMILES string of the molecule is COC(=O)CC(=O)c1ccc(OCC2CN(C(=O)/C=C/c3ccccn3)CCO2)cc1. The van der Waals surface area contributed by atoms with Crippen LogP contribution in [0.15, 0.2) is 54.7 Å². The lowest BCUT2D eigenvalue weighted by Crippen LogP contribution is -2.47. The smallest absolute Gasteiger partial charge is 0.313 e. The Morgan fingerprint density at radius 3 is 2.71 bits per heavy atom. The highest BCUT2D eigenvalue weighted by molar-refractivity contribution is 6.05. The summed E-state index contributed by atoms with van der Waals surface area (Å²) in [6, 6.07) is 12.0. The van der Waals surface area contributed by atoms with Crippen LogP contribution in [0.4, 0.5) is 0 Å². The number of methoxy groups -OCH3 is 1. The first-order valence-electron chi connectivity index (χ1n) is 9.87. The molecule has 1 unspecified atom stereocenters. The van der Waals surface area contributed by atoms with Gasteiger partial charge in [-0.2, -0.15) is 0 Å². The fraction of sp³-hybridized carbons (Fsp3) is 0.304. The van der Waals surface area contributed by atoms with Crippen molar-refractivity contribution >= 4 is 23.7 Å². The Balaban J connectivity index is 1.48. The molecular weight excluding hydrogens is 400 g/mol. The molecule has 3 rings (SSSR count). The highest BCUT2D eigenvalue weighted by Gasteiger charge is 2.23. The number of ether oxygens (including phenoxy) is 3. The van der Waals surface area contributed by atoms with Gasteiger partial charge in [0.1, 0.15) is 24.9 Å². The van der Waals surface area contributed by atoms with Crippen LogP contribution in [-0.2, 0) is 19.1 Å². The molecule has 1 aliphatic rings. The van der Waals surface area contributed by atoms with E-state index >= 15 is 0 Å². The van der Waals surface area contributed by atoms with Crippen molar-refractivity contribution in [1.82, 2.24) is 9.88 Å². The zero-order chi connectivity index (χ0) is 22.1. The lowest BCUT2D eigenvalue weighted by atomic mass is 10.1. The molecule has 2 aromatic rings. The number of rotatable bonds is 8. The fourth-order valence-electron chi connectivity index (χ4n) is 2.99. The highest BCUT2D eigenvalue weighted by atomic mass is 16.5. The highest BCUT2D eigenvalue weighted by Crippen LogP contribution is 2.15. The largest absolute Gasteiger partial charge is 0.491 e. The van der Waals surface area contributed by atoms with E-state index in [0.29, 0.717) is 31.0 Å². The maximum Gasteiger partial charge on any atom is 0.313 e. The Morgan fingerprint density at radius 1 is 1.19 bits per heavy atom. The molecule has 162 valence electrons. The molecule has 1 aromatic carbocycles. The van der Waals surface area contributed by atoms with Gasteiger partial charge in [-0.1, -0.05) is 6.07 Å². The van der Waals surface area contributed by atoms with Gasteiger partial charge in [-0.25, -0.2) is 0 Å².